The standard InChI is InChI=1S/C65H117NO10/c1-4-7-10-13-16-19-22-25-27-28-29-30-31-33-34-37-40-43-46-49-52-58(69)64(73)66-56(57(68)51-48-45-42-39-36-24-21-18-15-12-9-6-3)55-74-65-63(62(72)61(71)59(54-67)75-65)76-60(70)53-50-47-44-41-38-35-32-26-23-20-17-14-11-8-5-2/h16,19-20,23,25,27,29-30,48,51,56-59,61-63,65,67-69,71-72H,4-15,17-18,21-22,24,26,28,31-47,49-50,52-55H2,1-3H3,(H,66,73)/b19-16-,23-20-,27-25-,30-29-,51-48+. The van der Waals surface area contributed by atoms with Crippen LogP contribution in [0.2, 0.25) is 0 Å². The van der Waals surface area contributed by atoms with Crippen molar-refractivity contribution in [2.45, 2.75) is 327 Å². The number of unbranched alkanes of at least 4 members (excludes halogenated alkanes) is 31. The van der Waals surface area contributed by atoms with Gasteiger partial charge in [0.1, 0.15) is 24.4 Å². The molecule has 1 fully saturated rings. The number of carbonyl (C=O) groups is 2. The van der Waals surface area contributed by atoms with Gasteiger partial charge in [0.25, 0.3) is 0 Å². The van der Waals surface area contributed by atoms with Crippen LogP contribution in [0.15, 0.2) is 60.8 Å². The van der Waals surface area contributed by atoms with Gasteiger partial charge in [-0.05, 0) is 89.9 Å². The van der Waals surface area contributed by atoms with Gasteiger partial charge in [0, 0.05) is 6.42 Å². The van der Waals surface area contributed by atoms with Gasteiger partial charge in [-0.2, -0.15) is 0 Å². The van der Waals surface area contributed by atoms with E-state index in [-0.39, 0.29) is 19.4 Å². The Kier molecular flexibility index (Phi) is 49.8. The molecule has 1 aliphatic heterocycles. The quantitative estimate of drug-likeness (QED) is 0.0195. The topological polar surface area (TPSA) is 175 Å². The molecule has 0 aromatic carbocycles. The lowest BCUT2D eigenvalue weighted by atomic mass is 9.99. The Morgan fingerprint density at radius 2 is 0.908 bits per heavy atom. The molecular weight excluding hydrogens is 955 g/mol. The van der Waals surface area contributed by atoms with Crippen molar-refractivity contribution in [1.82, 2.24) is 5.32 Å². The third-order valence-electron chi connectivity index (χ3n) is 14.6. The van der Waals surface area contributed by atoms with Crippen LogP contribution in [0.1, 0.15) is 278 Å². The molecule has 1 rings (SSSR count). The maximum atomic E-state index is 13.4. The lowest BCUT2D eigenvalue weighted by molar-refractivity contribution is -0.305. The van der Waals surface area contributed by atoms with Gasteiger partial charge in [-0.15, -0.1) is 0 Å². The van der Waals surface area contributed by atoms with Gasteiger partial charge in [0.05, 0.1) is 25.4 Å². The van der Waals surface area contributed by atoms with Crippen molar-refractivity contribution >= 4 is 11.9 Å². The molecule has 0 spiro atoms. The Balaban J connectivity index is 2.68. The monoisotopic (exact) mass is 1070 g/mol. The summed E-state index contributed by atoms with van der Waals surface area (Å²) in [5.41, 5.74) is 0. The first-order valence-electron chi connectivity index (χ1n) is 31.6. The summed E-state index contributed by atoms with van der Waals surface area (Å²) < 4.78 is 17.6. The lowest BCUT2D eigenvalue weighted by Crippen LogP contribution is -2.61. The highest BCUT2D eigenvalue weighted by atomic mass is 16.7. The Morgan fingerprint density at radius 1 is 0.513 bits per heavy atom. The molecule has 76 heavy (non-hydrogen) atoms. The molecule has 1 saturated heterocycles. The first kappa shape index (κ1) is 71.4. The van der Waals surface area contributed by atoms with Crippen molar-refractivity contribution in [3.05, 3.63) is 60.8 Å². The van der Waals surface area contributed by atoms with Crippen LogP contribution in [0.5, 0.6) is 0 Å². The molecular formula is C65H117NO10. The van der Waals surface area contributed by atoms with Crippen molar-refractivity contribution in [3.63, 3.8) is 0 Å². The molecule has 11 nitrogen and oxygen atoms in total. The molecule has 0 bridgehead atoms. The van der Waals surface area contributed by atoms with Crippen LogP contribution in [0.3, 0.4) is 0 Å². The SMILES string of the molecule is CCCCC/C=C\C/C=C\C/C=C\CCCCCCCCCC(O)C(=O)NC(COC1OC(CO)C(O)C(O)C1OC(=O)CCCCCCCCC/C=C\CCCCCC)C(O)/C=C/CCCCCCCCCCCC. The zero-order valence-electron chi connectivity index (χ0n) is 48.9. The van der Waals surface area contributed by atoms with E-state index in [0.717, 1.165) is 96.3 Å². The van der Waals surface area contributed by atoms with Crippen LogP contribution in [0.4, 0.5) is 0 Å². The van der Waals surface area contributed by atoms with Gasteiger partial charge in [-0.1, -0.05) is 242 Å². The zero-order valence-corrected chi connectivity index (χ0v) is 48.9. The molecule has 442 valence electrons. The summed E-state index contributed by atoms with van der Waals surface area (Å²) in [5, 5.41) is 57.0. The molecule has 0 aliphatic carbocycles. The minimum atomic E-state index is -1.62. The highest BCUT2D eigenvalue weighted by Crippen LogP contribution is 2.26. The summed E-state index contributed by atoms with van der Waals surface area (Å²) in [6, 6.07) is -1.03. The molecule has 0 radical (unpaired) electrons. The van der Waals surface area contributed by atoms with Gasteiger partial charge < -0.3 is 45.1 Å². The Labute approximate surface area is 465 Å². The summed E-state index contributed by atoms with van der Waals surface area (Å²) in [5.74, 6) is -1.20. The molecule has 0 aromatic heterocycles. The predicted octanol–water partition coefficient (Wildman–Crippen LogP) is 15.0. The van der Waals surface area contributed by atoms with E-state index >= 15 is 0 Å². The van der Waals surface area contributed by atoms with Crippen LogP contribution >= 0.6 is 0 Å². The van der Waals surface area contributed by atoms with E-state index < -0.39 is 67.4 Å². The number of nitrogens with one attached hydrogen (secondary N) is 1. The number of esters is 1. The molecule has 8 unspecified atom stereocenters. The molecule has 0 saturated carbocycles. The van der Waals surface area contributed by atoms with Gasteiger partial charge in [0.2, 0.25) is 5.91 Å². The second kappa shape index (κ2) is 53.0. The van der Waals surface area contributed by atoms with Gasteiger partial charge >= 0.3 is 5.97 Å². The van der Waals surface area contributed by atoms with Crippen molar-refractivity contribution < 1.29 is 49.3 Å². The first-order valence-corrected chi connectivity index (χ1v) is 31.6. The fourth-order valence-corrected chi connectivity index (χ4v) is 9.59. The molecule has 6 N–H and O–H groups in total. The van der Waals surface area contributed by atoms with Gasteiger partial charge in [-0.3, -0.25) is 9.59 Å². The second-order valence-electron chi connectivity index (χ2n) is 21.8. The number of aliphatic hydroxyl groups is 5. The number of rotatable bonds is 53. The highest BCUT2D eigenvalue weighted by molar-refractivity contribution is 5.80. The predicted molar refractivity (Wildman–Crippen MR) is 315 cm³/mol. The normalized spacial score (nSPS) is 19.5. The second-order valence-corrected chi connectivity index (χ2v) is 21.8. The van der Waals surface area contributed by atoms with E-state index in [1.165, 1.54) is 135 Å². The molecule has 1 amide bonds. The summed E-state index contributed by atoms with van der Waals surface area (Å²) in [6.07, 6.45) is 55.3. The number of carbonyl (C=O) groups excluding carboxylic acids is 2. The lowest BCUT2D eigenvalue weighted by Gasteiger charge is -2.41. The number of hydrogen-bond donors (Lipinski definition) is 6. The van der Waals surface area contributed by atoms with E-state index in [1.807, 2.05) is 6.08 Å². The number of aliphatic hydroxyl groups excluding tert-OH is 5. The van der Waals surface area contributed by atoms with E-state index in [9.17, 15) is 35.1 Å². The number of amides is 1. The van der Waals surface area contributed by atoms with E-state index in [0.29, 0.717) is 12.8 Å². The molecule has 0 aromatic rings. The van der Waals surface area contributed by atoms with E-state index in [1.54, 1.807) is 6.08 Å². The maximum Gasteiger partial charge on any atom is 0.306 e. The largest absolute Gasteiger partial charge is 0.454 e. The van der Waals surface area contributed by atoms with E-state index in [4.69, 9.17) is 14.2 Å². The summed E-state index contributed by atoms with van der Waals surface area (Å²) in [6.45, 7) is 5.75. The first-order chi connectivity index (χ1) is 37.2. The van der Waals surface area contributed by atoms with Crippen molar-refractivity contribution in [1.29, 1.82) is 0 Å². The Hall–Kier alpha value is -2.64. The zero-order chi connectivity index (χ0) is 55.4. The van der Waals surface area contributed by atoms with Crippen LogP contribution in [0.25, 0.3) is 0 Å². The average Bonchev–Trinajstić information content (AvgIpc) is 3.42. The minimum absolute atomic E-state index is 0.117. The van der Waals surface area contributed by atoms with Gasteiger partial charge in [0.15, 0.2) is 12.4 Å². The van der Waals surface area contributed by atoms with E-state index in [2.05, 4.69) is 74.7 Å². The molecule has 8 atom stereocenters. The summed E-state index contributed by atoms with van der Waals surface area (Å²) in [7, 11) is 0. The summed E-state index contributed by atoms with van der Waals surface area (Å²) in [4.78, 5) is 26.5. The number of hydrogen-bond acceptors (Lipinski definition) is 10. The third kappa shape index (κ3) is 40.5. The number of ether oxygens (including phenoxy) is 3. The fraction of sp³-hybridized carbons (Fsp3) is 0.815. The van der Waals surface area contributed by atoms with Crippen LogP contribution in [-0.2, 0) is 23.8 Å². The smallest absolute Gasteiger partial charge is 0.306 e. The van der Waals surface area contributed by atoms with Crippen molar-refractivity contribution in [2.75, 3.05) is 13.2 Å². The molecule has 1 heterocycles. The number of allylic oxidation sites excluding steroid dienone is 9. The third-order valence-corrected chi connectivity index (χ3v) is 14.6. The van der Waals surface area contributed by atoms with Crippen LogP contribution in [0, 0.1) is 0 Å². The fourth-order valence-electron chi connectivity index (χ4n) is 9.59. The van der Waals surface area contributed by atoms with Crippen LogP contribution in [-0.4, -0.2) is 99.6 Å². The Bertz CT molecular complexity index is 1460. The van der Waals surface area contributed by atoms with Crippen molar-refractivity contribution in [3.8, 4) is 0 Å². The average molecular weight is 1070 g/mol. The molecule has 11 heteroatoms. The van der Waals surface area contributed by atoms with Crippen LogP contribution < -0.4 is 5.32 Å². The summed E-state index contributed by atoms with van der Waals surface area (Å²) >= 11 is 0. The highest BCUT2D eigenvalue weighted by Gasteiger charge is 2.47. The maximum absolute atomic E-state index is 13.4. The van der Waals surface area contributed by atoms with Gasteiger partial charge in [-0.25, -0.2) is 0 Å². The van der Waals surface area contributed by atoms with Crippen molar-refractivity contribution in [2.24, 2.45) is 0 Å². The molecule has 1 aliphatic rings. The minimum Gasteiger partial charge on any atom is -0.454 e. The Morgan fingerprint density at radius 3 is 1.41 bits per heavy atom.